The molecule has 110 valence electrons. The summed E-state index contributed by atoms with van der Waals surface area (Å²) in [4.78, 5) is 14.0. The molecule has 0 bridgehead atoms. The third-order valence-electron chi connectivity index (χ3n) is 3.90. The molecule has 1 aromatic rings. The average Bonchev–Trinajstić information content (AvgIpc) is 2.54. The number of hydrogen-bond donors (Lipinski definition) is 0. The number of ether oxygens (including phenoxy) is 1. The van der Waals surface area contributed by atoms with Gasteiger partial charge in [0.25, 0.3) is 0 Å². The topological polar surface area (TPSA) is 29.5 Å². The van der Waals surface area contributed by atoms with Crippen molar-refractivity contribution in [2.45, 2.75) is 53.1 Å². The van der Waals surface area contributed by atoms with Crippen LogP contribution >= 0.6 is 0 Å². The fourth-order valence-electron chi connectivity index (χ4n) is 2.64. The molecule has 0 saturated carbocycles. The highest BCUT2D eigenvalue weighted by atomic mass is 16.6. The van der Waals surface area contributed by atoms with Crippen molar-refractivity contribution in [1.82, 2.24) is 4.90 Å². The first-order valence-electron chi connectivity index (χ1n) is 7.34. The summed E-state index contributed by atoms with van der Waals surface area (Å²) in [6.07, 6.45) is 1.64. The van der Waals surface area contributed by atoms with Crippen LogP contribution in [-0.2, 0) is 17.6 Å². The molecule has 1 aliphatic rings. The van der Waals surface area contributed by atoms with E-state index < -0.39 is 5.60 Å². The van der Waals surface area contributed by atoms with Crippen LogP contribution in [0.1, 0.15) is 43.0 Å². The molecule has 0 aromatic heterocycles. The Morgan fingerprint density at radius 1 is 1.15 bits per heavy atom. The lowest BCUT2D eigenvalue weighted by atomic mass is 9.95. The van der Waals surface area contributed by atoms with E-state index >= 15 is 0 Å². The molecule has 1 amide bonds. The number of benzene rings is 1. The van der Waals surface area contributed by atoms with Crippen LogP contribution in [0, 0.1) is 13.8 Å². The second-order valence-corrected chi connectivity index (χ2v) is 6.61. The van der Waals surface area contributed by atoms with Gasteiger partial charge in [0.1, 0.15) is 5.60 Å². The lowest BCUT2D eigenvalue weighted by Crippen LogP contribution is -2.38. The SMILES string of the molecule is Cc1ccc2c(c1C)CCN(C(=O)OC(C)(C)C)CC2. The van der Waals surface area contributed by atoms with E-state index in [0.717, 1.165) is 25.9 Å². The van der Waals surface area contributed by atoms with Gasteiger partial charge in [0.15, 0.2) is 0 Å². The molecule has 0 radical (unpaired) electrons. The highest BCUT2D eigenvalue weighted by molar-refractivity contribution is 5.68. The van der Waals surface area contributed by atoms with Gasteiger partial charge in [-0.1, -0.05) is 12.1 Å². The molecule has 2 rings (SSSR count). The summed E-state index contributed by atoms with van der Waals surface area (Å²) < 4.78 is 5.47. The van der Waals surface area contributed by atoms with Gasteiger partial charge in [0.05, 0.1) is 0 Å². The Bertz CT molecular complexity index is 514. The molecule has 1 heterocycles. The third kappa shape index (κ3) is 3.33. The lowest BCUT2D eigenvalue weighted by molar-refractivity contribution is 0.0258. The molecular weight excluding hydrogens is 250 g/mol. The fourth-order valence-corrected chi connectivity index (χ4v) is 2.64. The normalized spacial score (nSPS) is 15.6. The number of nitrogens with zero attached hydrogens (tertiary/aromatic N) is 1. The van der Waals surface area contributed by atoms with Gasteiger partial charge in [0.2, 0.25) is 0 Å². The van der Waals surface area contributed by atoms with Crippen molar-refractivity contribution in [1.29, 1.82) is 0 Å². The lowest BCUT2D eigenvalue weighted by Gasteiger charge is -2.26. The van der Waals surface area contributed by atoms with Gasteiger partial charge in [-0.2, -0.15) is 0 Å². The summed E-state index contributed by atoms with van der Waals surface area (Å²) in [6, 6.07) is 4.38. The highest BCUT2D eigenvalue weighted by Gasteiger charge is 2.24. The zero-order valence-electron chi connectivity index (χ0n) is 13.2. The van der Waals surface area contributed by atoms with Crippen molar-refractivity contribution < 1.29 is 9.53 Å². The monoisotopic (exact) mass is 275 g/mol. The predicted octanol–water partition coefficient (Wildman–Crippen LogP) is 3.64. The van der Waals surface area contributed by atoms with E-state index in [9.17, 15) is 4.79 Å². The number of amides is 1. The van der Waals surface area contributed by atoms with Crippen LogP contribution in [0.4, 0.5) is 4.79 Å². The fraction of sp³-hybridized carbons (Fsp3) is 0.588. The van der Waals surface area contributed by atoms with Gasteiger partial charge in [-0.05, 0) is 69.7 Å². The van der Waals surface area contributed by atoms with E-state index in [-0.39, 0.29) is 6.09 Å². The highest BCUT2D eigenvalue weighted by Crippen LogP contribution is 2.23. The van der Waals surface area contributed by atoms with Gasteiger partial charge in [0, 0.05) is 13.1 Å². The summed E-state index contributed by atoms with van der Waals surface area (Å²) >= 11 is 0. The Balaban J connectivity index is 2.12. The Morgan fingerprint density at radius 2 is 1.80 bits per heavy atom. The summed E-state index contributed by atoms with van der Waals surface area (Å²) in [5.74, 6) is 0. The molecule has 0 spiro atoms. The maximum absolute atomic E-state index is 12.2. The number of carbonyl (C=O) groups is 1. The maximum Gasteiger partial charge on any atom is 0.410 e. The van der Waals surface area contributed by atoms with Crippen molar-refractivity contribution in [2.24, 2.45) is 0 Å². The van der Waals surface area contributed by atoms with Crippen molar-refractivity contribution in [3.05, 3.63) is 34.4 Å². The molecule has 0 fully saturated rings. The summed E-state index contributed by atoms with van der Waals surface area (Å²) in [5.41, 5.74) is 5.06. The van der Waals surface area contributed by atoms with Crippen LogP contribution in [0.3, 0.4) is 0 Å². The number of carbonyl (C=O) groups excluding carboxylic acids is 1. The third-order valence-corrected chi connectivity index (χ3v) is 3.90. The van der Waals surface area contributed by atoms with E-state index in [1.54, 1.807) is 0 Å². The number of hydrogen-bond acceptors (Lipinski definition) is 2. The van der Waals surface area contributed by atoms with Crippen molar-refractivity contribution in [2.75, 3.05) is 13.1 Å². The van der Waals surface area contributed by atoms with E-state index in [1.165, 1.54) is 22.3 Å². The Morgan fingerprint density at radius 3 is 2.45 bits per heavy atom. The zero-order valence-corrected chi connectivity index (χ0v) is 13.2. The first-order valence-corrected chi connectivity index (χ1v) is 7.34. The minimum absolute atomic E-state index is 0.195. The molecule has 0 aliphatic carbocycles. The second-order valence-electron chi connectivity index (χ2n) is 6.61. The van der Waals surface area contributed by atoms with E-state index in [0.29, 0.717) is 0 Å². The first kappa shape index (κ1) is 14.9. The maximum atomic E-state index is 12.2. The number of fused-ring (bicyclic) bond motifs is 1. The summed E-state index contributed by atoms with van der Waals surface area (Å²) in [7, 11) is 0. The Kier molecular flexibility index (Phi) is 4.07. The standard InChI is InChI=1S/C17H25NO2/c1-12-6-7-14-8-10-18(11-9-15(14)13(12)2)16(19)20-17(3,4)5/h6-7H,8-11H2,1-5H3. The van der Waals surface area contributed by atoms with E-state index in [4.69, 9.17) is 4.74 Å². The Hall–Kier alpha value is -1.51. The molecular formula is C17H25NO2. The number of rotatable bonds is 0. The smallest absolute Gasteiger partial charge is 0.410 e. The molecule has 3 heteroatoms. The van der Waals surface area contributed by atoms with Crippen LogP contribution in [0.25, 0.3) is 0 Å². The molecule has 1 aromatic carbocycles. The van der Waals surface area contributed by atoms with Gasteiger partial charge in [-0.3, -0.25) is 0 Å². The van der Waals surface area contributed by atoms with E-state index in [2.05, 4.69) is 26.0 Å². The summed E-state index contributed by atoms with van der Waals surface area (Å²) in [5, 5.41) is 0. The van der Waals surface area contributed by atoms with Gasteiger partial charge in [-0.15, -0.1) is 0 Å². The van der Waals surface area contributed by atoms with Crippen LogP contribution in [-0.4, -0.2) is 29.7 Å². The first-order chi connectivity index (χ1) is 9.28. The minimum atomic E-state index is -0.428. The largest absolute Gasteiger partial charge is 0.444 e. The summed E-state index contributed by atoms with van der Waals surface area (Å²) in [6.45, 7) is 11.5. The minimum Gasteiger partial charge on any atom is -0.444 e. The molecule has 0 unspecified atom stereocenters. The zero-order chi connectivity index (χ0) is 14.9. The van der Waals surface area contributed by atoms with Gasteiger partial charge >= 0.3 is 6.09 Å². The number of aryl methyl sites for hydroxylation is 1. The predicted molar refractivity (Wildman–Crippen MR) is 81.1 cm³/mol. The molecule has 3 nitrogen and oxygen atoms in total. The van der Waals surface area contributed by atoms with Crippen LogP contribution in [0.2, 0.25) is 0 Å². The van der Waals surface area contributed by atoms with Crippen LogP contribution in [0.5, 0.6) is 0 Å². The molecule has 0 N–H and O–H groups in total. The van der Waals surface area contributed by atoms with Crippen LogP contribution in [0.15, 0.2) is 12.1 Å². The molecule has 1 aliphatic heterocycles. The molecule has 0 atom stereocenters. The Labute approximate surface area is 121 Å². The van der Waals surface area contributed by atoms with Crippen molar-refractivity contribution in [3.63, 3.8) is 0 Å². The second kappa shape index (κ2) is 5.47. The van der Waals surface area contributed by atoms with E-state index in [1.807, 2.05) is 25.7 Å². The van der Waals surface area contributed by atoms with Crippen LogP contribution < -0.4 is 0 Å². The molecule has 0 saturated heterocycles. The van der Waals surface area contributed by atoms with Gasteiger partial charge < -0.3 is 9.64 Å². The molecule has 20 heavy (non-hydrogen) atoms. The van der Waals surface area contributed by atoms with Gasteiger partial charge in [-0.25, -0.2) is 4.79 Å². The van der Waals surface area contributed by atoms with Crippen molar-refractivity contribution in [3.8, 4) is 0 Å². The quantitative estimate of drug-likeness (QED) is 0.723. The average molecular weight is 275 g/mol. The van der Waals surface area contributed by atoms with Crippen molar-refractivity contribution >= 4 is 6.09 Å².